The minimum Gasteiger partial charge on any atom is -0.398 e. The molecule has 1 aromatic carbocycles. The Labute approximate surface area is 175 Å². The van der Waals surface area contributed by atoms with Gasteiger partial charge in [0.05, 0.1) is 23.1 Å². The molecule has 6 N–H and O–H groups in total. The second kappa shape index (κ2) is 8.25. The standard InChI is InChI=1S/C22H26N6O2/c1-12(2)26-11-20(29)13-3-4-16(23)14(9-13)21-24-7-6-18(28-21)19-10-15-17(27-19)5-8-25-22(15)30/h3-4,6-7,9-10,12,20,26-27,29H,5,8,11,23H2,1-2H3,(H,25,30). The molecule has 8 nitrogen and oxygen atoms in total. The van der Waals surface area contributed by atoms with E-state index in [4.69, 9.17) is 5.73 Å². The van der Waals surface area contributed by atoms with Crippen LogP contribution in [0.3, 0.4) is 0 Å². The fourth-order valence-corrected chi connectivity index (χ4v) is 3.51. The number of rotatable bonds is 6. The van der Waals surface area contributed by atoms with Gasteiger partial charge >= 0.3 is 0 Å². The summed E-state index contributed by atoms with van der Waals surface area (Å²) in [4.78, 5) is 24.4. The first-order chi connectivity index (χ1) is 14.4. The number of hydrogen-bond acceptors (Lipinski definition) is 6. The van der Waals surface area contributed by atoms with E-state index in [1.165, 1.54) is 0 Å². The molecule has 3 heterocycles. The number of aromatic nitrogens is 3. The Morgan fingerprint density at radius 2 is 2.07 bits per heavy atom. The number of benzene rings is 1. The van der Waals surface area contributed by atoms with E-state index in [0.29, 0.717) is 41.4 Å². The molecular formula is C22H26N6O2. The van der Waals surface area contributed by atoms with Crippen LogP contribution in [0, 0.1) is 0 Å². The van der Waals surface area contributed by atoms with Crippen molar-refractivity contribution in [2.75, 3.05) is 18.8 Å². The first-order valence-electron chi connectivity index (χ1n) is 10.1. The van der Waals surface area contributed by atoms with Crippen LogP contribution in [0.5, 0.6) is 0 Å². The van der Waals surface area contributed by atoms with Crippen LogP contribution in [-0.2, 0) is 6.42 Å². The number of aliphatic hydroxyl groups excluding tert-OH is 1. The number of fused-ring (bicyclic) bond motifs is 1. The average molecular weight is 406 g/mol. The Morgan fingerprint density at radius 3 is 2.83 bits per heavy atom. The molecule has 0 aliphatic carbocycles. The summed E-state index contributed by atoms with van der Waals surface area (Å²) in [6, 6.07) is 9.29. The second-order valence-corrected chi connectivity index (χ2v) is 7.77. The first kappa shape index (κ1) is 20.1. The molecule has 0 saturated carbocycles. The predicted molar refractivity (Wildman–Crippen MR) is 116 cm³/mol. The van der Waals surface area contributed by atoms with Crippen LogP contribution in [0.2, 0.25) is 0 Å². The highest BCUT2D eigenvalue weighted by Crippen LogP contribution is 2.29. The van der Waals surface area contributed by atoms with E-state index in [2.05, 4.69) is 25.6 Å². The van der Waals surface area contributed by atoms with Crippen molar-refractivity contribution in [1.82, 2.24) is 25.6 Å². The molecule has 3 aromatic rings. The molecule has 2 aromatic heterocycles. The van der Waals surface area contributed by atoms with E-state index in [0.717, 1.165) is 23.4 Å². The monoisotopic (exact) mass is 406 g/mol. The second-order valence-electron chi connectivity index (χ2n) is 7.77. The quantitative estimate of drug-likeness (QED) is 0.399. The van der Waals surface area contributed by atoms with Crippen molar-refractivity contribution in [2.24, 2.45) is 0 Å². The molecule has 0 saturated heterocycles. The van der Waals surface area contributed by atoms with Gasteiger partial charge in [0.25, 0.3) is 5.91 Å². The summed E-state index contributed by atoms with van der Waals surface area (Å²) in [5.41, 5.74) is 11.1. The van der Waals surface area contributed by atoms with Crippen molar-refractivity contribution >= 4 is 11.6 Å². The predicted octanol–water partition coefficient (Wildman–Crippen LogP) is 2.04. The zero-order valence-corrected chi connectivity index (χ0v) is 17.1. The molecule has 156 valence electrons. The Hall–Kier alpha value is -3.23. The van der Waals surface area contributed by atoms with Crippen LogP contribution >= 0.6 is 0 Å². The Morgan fingerprint density at radius 1 is 1.23 bits per heavy atom. The van der Waals surface area contributed by atoms with Crippen molar-refractivity contribution < 1.29 is 9.90 Å². The molecule has 1 aliphatic rings. The van der Waals surface area contributed by atoms with Crippen molar-refractivity contribution in [2.45, 2.75) is 32.4 Å². The highest BCUT2D eigenvalue weighted by Gasteiger charge is 2.21. The molecule has 30 heavy (non-hydrogen) atoms. The topological polar surface area (TPSA) is 129 Å². The minimum atomic E-state index is -0.663. The van der Waals surface area contributed by atoms with Crippen LogP contribution in [0.15, 0.2) is 36.5 Å². The molecule has 1 amide bonds. The van der Waals surface area contributed by atoms with Gasteiger partial charge in [-0.1, -0.05) is 19.9 Å². The number of carbonyl (C=O) groups is 1. The first-order valence-corrected chi connectivity index (χ1v) is 10.1. The van der Waals surface area contributed by atoms with Crippen LogP contribution in [-0.4, -0.2) is 45.1 Å². The van der Waals surface area contributed by atoms with E-state index in [1.54, 1.807) is 18.3 Å². The SMILES string of the molecule is CC(C)NCC(O)c1ccc(N)c(-c2nccc(-c3cc4c([nH]3)CCNC4=O)n2)c1. The summed E-state index contributed by atoms with van der Waals surface area (Å²) < 4.78 is 0. The lowest BCUT2D eigenvalue weighted by Crippen LogP contribution is -2.31. The van der Waals surface area contributed by atoms with Crippen molar-refractivity contribution in [3.8, 4) is 22.8 Å². The number of hydrogen-bond donors (Lipinski definition) is 5. The number of anilines is 1. The van der Waals surface area contributed by atoms with E-state index in [-0.39, 0.29) is 11.9 Å². The summed E-state index contributed by atoms with van der Waals surface area (Å²) in [7, 11) is 0. The number of nitrogen functional groups attached to an aromatic ring is 1. The number of nitrogens with two attached hydrogens (primary N) is 1. The fourth-order valence-electron chi connectivity index (χ4n) is 3.51. The van der Waals surface area contributed by atoms with Gasteiger partial charge in [-0.25, -0.2) is 9.97 Å². The van der Waals surface area contributed by atoms with Crippen molar-refractivity contribution in [1.29, 1.82) is 0 Å². The lowest BCUT2D eigenvalue weighted by Gasteiger charge is -2.16. The third-order valence-corrected chi connectivity index (χ3v) is 5.16. The smallest absolute Gasteiger partial charge is 0.253 e. The van der Waals surface area contributed by atoms with Gasteiger partial charge in [0.1, 0.15) is 0 Å². The van der Waals surface area contributed by atoms with Crippen molar-refractivity contribution in [3.05, 3.63) is 53.3 Å². The zero-order chi connectivity index (χ0) is 21.3. The molecule has 1 aliphatic heterocycles. The molecule has 0 radical (unpaired) electrons. The lowest BCUT2D eigenvalue weighted by molar-refractivity contribution is 0.0946. The highest BCUT2D eigenvalue weighted by molar-refractivity contribution is 5.97. The molecule has 0 bridgehead atoms. The number of amides is 1. The van der Waals surface area contributed by atoms with Gasteiger partial charge in [0, 0.05) is 48.7 Å². The number of nitrogens with one attached hydrogen (secondary N) is 3. The summed E-state index contributed by atoms with van der Waals surface area (Å²) in [6.07, 6.45) is 1.76. The maximum absolute atomic E-state index is 12.1. The highest BCUT2D eigenvalue weighted by atomic mass is 16.3. The van der Waals surface area contributed by atoms with Gasteiger partial charge in [0.15, 0.2) is 5.82 Å². The van der Waals surface area contributed by atoms with Crippen molar-refractivity contribution in [3.63, 3.8) is 0 Å². The molecule has 1 unspecified atom stereocenters. The maximum atomic E-state index is 12.1. The van der Waals surface area contributed by atoms with E-state index >= 15 is 0 Å². The van der Waals surface area contributed by atoms with E-state index < -0.39 is 6.10 Å². The third-order valence-electron chi connectivity index (χ3n) is 5.16. The zero-order valence-electron chi connectivity index (χ0n) is 17.1. The van der Waals surface area contributed by atoms with Crippen LogP contribution in [0.1, 0.15) is 41.6 Å². The van der Waals surface area contributed by atoms with Crippen LogP contribution in [0.25, 0.3) is 22.8 Å². The summed E-state index contributed by atoms with van der Waals surface area (Å²) in [5, 5.41) is 16.6. The molecule has 0 fully saturated rings. The fraction of sp³-hybridized carbons (Fsp3) is 0.318. The number of H-pyrrole nitrogens is 1. The van der Waals surface area contributed by atoms with E-state index in [9.17, 15) is 9.90 Å². The molecule has 8 heteroatoms. The number of aromatic amines is 1. The number of nitrogens with zero attached hydrogens (tertiary/aromatic N) is 2. The van der Waals surface area contributed by atoms with Crippen LogP contribution < -0.4 is 16.4 Å². The maximum Gasteiger partial charge on any atom is 0.253 e. The molecular weight excluding hydrogens is 380 g/mol. The van der Waals surface area contributed by atoms with E-state index in [1.807, 2.05) is 32.0 Å². The van der Waals surface area contributed by atoms with Gasteiger partial charge in [-0.2, -0.15) is 0 Å². The molecule has 1 atom stereocenters. The summed E-state index contributed by atoms with van der Waals surface area (Å²) in [5.74, 6) is 0.391. The van der Waals surface area contributed by atoms with Gasteiger partial charge in [-0.15, -0.1) is 0 Å². The Balaban J connectivity index is 1.66. The van der Waals surface area contributed by atoms with Gasteiger partial charge in [-0.05, 0) is 29.8 Å². The minimum absolute atomic E-state index is 0.0750. The third kappa shape index (κ3) is 4.05. The van der Waals surface area contributed by atoms with Crippen LogP contribution in [0.4, 0.5) is 5.69 Å². The number of aliphatic hydroxyl groups is 1. The number of carbonyl (C=O) groups excluding carboxylic acids is 1. The Kier molecular flexibility index (Phi) is 5.52. The summed E-state index contributed by atoms with van der Waals surface area (Å²) >= 11 is 0. The molecule has 0 spiro atoms. The average Bonchev–Trinajstić information content (AvgIpc) is 3.18. The largest absolute Gasteiger partial charge is 0.398 e. The Bertz CT molecular complexity index is 1080. The van der Waals surface area contributed by atoms with Gasteiger partial charge < -0.3 is 26.5 Å². The van der Waals surface area contributed by atoms with Gasteiger partial charge in [0.2, 0.25) is 0 Å². The van der Waals surface area contributed by atoms with Gasteiger partial charge in [-0.3, -0.25) is 4.79 Å². The normalized spacial score (nSPS) is 14.5. The lowest BCUT2D eigenvalue weighted by atomic mass is 10.0. The summed E-state index contributed by atoms with van der Waals surface area (Å²) in [6.45, 7) is 5.13. The molecule has 4 rings (SSSR count).